The van der Waals surface area contributed by atoms with Crippen molar-refractivity contribution in [2.75, 3.05) is 19.5 Å². The zero-order chi connectivity index (χ0) is 20.4. The summed E-state index contributed by atoms with van der Waals surface area (Å²) in [7, 11) is 3.11. The van der Waals surface area contributed by atoms with E-state index in [-0.39, 0.29) is 5.91 Å². The number of amides is 1. The standard InChI is InChI=1S/C22H18ClN3O3/c1-28-19-9-7-16(12-20(19)29-2)24-22(27)14-6-8-17-18(11-14)26-21(25-17)13-4-3-5-15(23)10-13/h3-12H,1-2H3,(H,24,27)(H,25,26). The van der Waals surface area contributed by atoms with Gasteiger partial charge in [0.25, 0.3) is 5.91 Å². The van der Waals surface area contributed by atoms with E-state index in [0.717, 1.165) is 16.6 Å². The smallest absolute Gasteiger partial charge is 0.255 e. The van der Waals surface area contributed by atoms with E-state index in [1.807, 2.05) is 30.3 Å². The Morgan fingerprint density at radius 3 is 2.59 bits per heavy atom. The van der Waals surface area contributed by atoms with E-state index in [1.165, 1.54) is 0 Å². The predicted octanol–water partition coefficient (Wildman–Crippen LogP) is 5.15. The van der Waals surface area contributed by atoms with E-state index in [0.29, 0.717) is 33.6 Å². The highest BCUT2D eigenvalue weighted by molar-refractivity contribution is 6.30. The Labute approximate surface area is 172 Å². The summed E-state index contributed by atoms with van der Waals surface area (Å²) >= 11 is 6.07. The summed E-state index contributed by atoms with van der Waals surface area (Å²) in [4.78, 5) is 20.5. The van der Waals surface area contributed by atoms with Gasteiger partial charge < -0.3 is 19.8 Å². The van der Waals surface area contributed by atoms with Gasteiger partial charge >= 0.3 is 0 Å². The van der Waals surface area contributed by atoms with Crippen molar-refractivity contribution in [1.82, 2.24) is 9.97 Å². The molecule has 29 heavy (non-hydrogen) atoms. The minimum absolute atomic E-state index is 0.238. The Morgan fingerprint density at radius 1 is 1.00 bits per heavy atom. The molecule has 0 radical (unpaired) electrons. The van der Waals surface area contributed by atoms with Gasteiger partial charge in [-0.15, -0.1) is 0 Å². The molecule has 1 amide bonds. The molecule has 0 unspecified atom stereocenters. The number of nitrogens with one attached hydrogen (secondary N) is 2. The maximum Gasteiger partial charge on any atom is 0.255 e. The minimum atomic E-state index is -0.238. The van der Waals surface area contributed by atoms with Gasteiger partial charge in [0.2, 0.25) is 0 Å². The Kier molecular flexibility index (Phi) is 5.10. The molecule has 0 aliphatic heterocycles. The number of carbonyl (C=O) groups excluding carboxylic acids is 1. The second kappa shape index (κ2) is 7.85. The summed E-state index contributed by atoms with van der Waals surface area (Å²) in [5.41, 5.74) is 3.53. The molecule has 1 aromatic heterocycles. The molecule has 0 fully saturated rings. The topological polar surface area (TPSA) is 76.2 Å². The predicted molar refractivity (Wildman–Crippen MR) is 114 cm³/mol. The first-order chi connectivity index (χ1) is 14.1. The number of halogens is 1. The molecule has 3 aromatic carbocycles. The lowest BCUT2D eigenvalue weighted by atomic mass is 10.2. The summed E-state index contributed by atoms with van der Waals surface area (Å²) in [6.07, 6.45) is 0. The van der Waals surface area contributed by atoms with Gasteiger partial charge in [0.05, 0.1) is 25.3 Å². The number of benzene rings is 3. The van der Waals surface area contributed by atoms with Crippen molar-refractivity contribution in [3.05, 3.63) is 71.2 Å². The molecule has 7 heteroatoms. The Morgan fingerprint density at radius 2 is 1.83 bits per heavy atom. The van der Waals surface area contributed by atoms with Crippen molar-refractivity contribution in [3.63, 3.8) is 0 Å². The molecule has 0 saturated heterocycles. The zero-order valence-electron chi connectivity index (χ0n) is 15.8. The third kappa shape index (κ3) is 3.88. The third-order valence-electron chi connectivity index (χ3n) is 4.48. The Hall–Kier alpha value is -3.51. The average molecular weight is 408 g/mol. The van der Waals surface area contributed by atoms with Crippen LogP contribution in [0.4, 0.5) is 5.69 Å². The average Bonchev–Trinajstić information content (AvgIpc) is 3.17. The molecule has 0 bridgehead atoms. The Bertz CT molecular complexity index is 1200. The quantitative estimate of drug-likeness (QED) is 0.479. The van der Waals surface area contributed by atoms with Gasteiger partial charge in [-0.25, -0.2) is 4.98 Å². The van der Waals surface area contributed by atoms with E-state index < -0.39 is 0 Å². The summed E-state index contributed by atoms with van der Waals surface area (Å²) < 4.78 is 10.5. The molecule has 146 valence electrons. The number of fused-ring (bicyclic) bond motifs is 1. The monoisotopic (exact) mass is 407 g/mol. The van der Waals surface area contributed by atoms with Crippen molar-refractivity contribution >= 4 is 34.2 Å². The first-order valence-corrected chi connectivity index (χ1v) is 9.24. The minimum Gasteiger partial charge on any atom is -0.493 e. The van der Waals surface area contributed by atoms with Crippen LogP contribution in [0.15, 0.2) is 60.7 Å². The number of rotatable bonds is 5. The first kappa shape index (κ1) is 18.8. The van der Waals surface area contributed by atoms with Crippen molar-refractivity contribution in [2.45, 2.75) is 0 Å². The largest absolute Gasteiger partial charge is 0.493 e. The summed E-state index contributed by atoms with van der Waals surface area (Å²) in [5, 5.41) is 3.51. The lowest BCUT2D eigenvalue weighted by Crippen LogP contribution is -2.11. The number of hydrogen-bond donors (Lipinski definition) is 2. The summed E-state index contributed by atoms with van der Waals surface area (Å²) in [6, 6.07) is 18.0. The molecule has 4 aromatic rings. The number of methoxy groups -OCH3 is 2. The molecule has 0 aliphatic carbocycles. The van der Waals surface area contributed by atoms with Crippen LogP contribution >= 0.6 is 11.6 Å². The molecule has 0 atom stereocenters. The molecule has 1 heterocycles. The molecule has 0 aliphatic rings. The molecular formula is C22H18ClN3O3. The maximum absolute atomic E-state index is 12.7. The van der Waals surface area contributed by atoms with Crippen LogP contribution in [0.25, 0.3) is 22.4 Å². The number of carbonyl (C=O) groups is 1. The fraction of sp³-hybridized carbons (Fsp3) is 0.0909. The maximum atomic E-state index is 12.7. The van der Waals surface area contributed by atoms with E-state index in [1.54, 1.807) is 44.6 Å². The molecule has 0 spiro atoms. The number of aromatic amines is 1. The normalized spacial score (nSPS) is 10.7. The molecule has 4 rings (SSSR count). The number of H-pyrrole nitrogens is 1. The van der Waals surface area contributed by atoms with Crippen molar-refractivity contribution in [3.8, 4) is 22.9 Å². The number of hydrogen-bond acceptors (Lipinski definition) is 4. The summed E-state index contributed by atoms with van der Waals surface area (Å²) in [6.45, 7) is 0. The van der Waals surface area contributed by atoms with Crippen LogP contribution in [-0.2, 0) is 0 Å². The number of anilines is 1. The second-order valence-electron chi connectivity index (χ2n) is 6.35. The van der Waals surface area contributed by atoms with Gasteiger partial charge in [0.15, 0.2) is 11.5 Å². The number of imidazole rings is 1. The van der Waals surface area contributed by atoms with Crippen LogP contribution in [0, 0.1) is 0 Å². The molecule has 6 nitrogen and oxygen atoms in total. The second-order valence-corrected chi connectivity index (χ2v) is 6.79. The van der Waals surface area contributed by atoms with Crippen LogP contribution in [0.3, 0.4) is 0 Å². The highest BCUT2D eigenvalue weighted by Crippen LogP contribution is 2.30. The van der Waals surface area contributed by atoms with Gasteiger partial charge in [-0.1, -0.05) is 23.7 Å². The van der Waals surface area contributed by atoms with Gasteiger partial charge in [-0.05, 0) is 42.5 Å². The molecule has 0 saturated carbocycles. The van der Waals surface area contributed by atoms with Crippen LogP contribution in [0.5, 0.6) is 11.5 Å². The van der Waals surface area contributed by atoms with Crippen LogP contribution in [0.1, 0.15) is 10.4 Å². The highest BCUT2D eigenvalue weighted by Gasteiger charge is 2.12. The van der Waals surface area contributed by atoms with Crippen LogP contribution in [0.2, 0.25) is 5.02 Å². The third-order valence-corrected chi connectivity index (χ3v) is 4.72. The fourth-order valence-electron chi connectivity index (χ4n) is 3.04. The lowest BCUT2D eigenvalue weighted by molar-refractivity contribution is 0.102. The van der Waals surface area contributed by atoms with E-state index in [4.69, 9.17) is 21.1 Å². The lowest BCUT2D eigenvalue weighted by Gasteiger charge is -2.10. The van der Waals surface area contributed by atoms with E-state index in [2.05, 4.69) is 15.3 Å². The molecule has 2 N–H and O–H groups in total. The van der Waals surface area contributed by atoms with Gasteiger partial charge in [-0.3, -0.25) is 4.79 Å². The Balaban J connectivity index is 1.60. The highest BCUT2D eigenvalue weighted by atomic mass is 35.5. The number of ether oxygens (including phenoxy) is 2. The molecular weight excluding hydrogens is 390 g/mol. The van der Waals surface area contributed by atoms with Crippen molar-refractivity contribution in [1.29, 1.82) is 0 Å². The SMILES string of the molecule is COc1ccc(NC(=O)c2ccc3nc(-c4cccc(Cl)c4)[nH]c3c2)cc1OC. The fourth-order valence-corrected chi connectivity index (χ4v) is 3.23. The summed E-state index contributed by atoms with van der Waals surface area (Å²) in [5.74, 6) is 1.59. The number of nitrogens with zero attached hydrogens (tertiary/aromatic N) is 1. The van der Waals surface area contributed by atoms with Crippen molar-refractivity contribution < 1.29 is 14.3 Å². The number of aromatic nitrogens is 2. The van der Waals surface area contributed by atoms with Gasteiger partial charge in [-0.2, -0.15) is 0 Å². The van der Waals surface area contributed by atoms with Crippen LogP contribution < -0.4 is 14.8 Å². The van der Waals surface area contributed by atoms with E-state index >= 15 is 0 Å². The van der Waals surface area contributed by atoms with Crippen molar-refractivity contribution in [2.24, 2.45) is 0 Å². The van der Waals surface area contributed by atoms with Crippen LogP contribution in [-0.4, -0.2) is 30.1 Å². The van der Waals surface area contributed by atoms with Gasteiger partial charge in [0.1, 0.15) is 5.82 Å². The zero-order valence-corrected chi connectivity index (χ0v) is 16.6. The van der Waals surface area contributed by atoms with E-state index in [9.17, 15) is 4.79 Å². The first-order valence-electron chi connectivity index (χ1n) is 8.86. The van der Waals surface area contributed by atoms with Gasteiger partial charge in [0, 0.05) is 27.9 Å².